The molecule has 2 aromatic rings. The average molecular weight is 431 g/mol. The van der Waals surface area contributed by atoms with Gasteiger partial charge in [-0.2, -0.15) is 0 Å². The molecule has 0 atom stereocenters. The molecule has 30 heavy (non-hydrogen) atoms. The van der Waals surface area contributed by atoms with Crippen LogP contribution in [-0.2, 0) is 33.7 Å². The largest absolute Gasteiger partial charge is 0.496 e. The Kier molecular flexibility index (Phi) is 6.77. The van der Waals surface area contributed by atoms with E-state index in [0.717, 1.165) is 27.3 Å². The third-order valence-electron chi connectivity index (χ3n) is 5.06. The minimum Gasteiger partial charge on any atom is -0.496 e. The lowest BCUT2D eigenvalue weighted by Gasteiger charge is -2.25. The first-order chi connectivity index (χ1) is 14.3. The second-order valence-electron chi connectivity index (χ2n) is 7.15. The van der Waals surface area contributed by atoms with Gasteiger partial charge in [0.2, 0.25) is 11.8 Å². The summed E-state index contributed by atoms with van der Waals surface area (Å²) >= 11 is 1.34. The maximum Gasteiger partial charge on any atom is 0.341 e. The molecule has 1 aromatic carbocycles. The maximum atomic E-state index is 12.7. The first-order valence-corrected chi connectivity index (χ1v) is 10.7. The number of aryl methyl sites for hydroxylation is 1. The lowest BCUT2D eigenvalue weighted by Crippen LogP contribution is -2.34. The molecule has 0 radical (unpaired) electrons. The number of carbonyl (C=O) groups excluding carboxylic acids is 3. The summed E-state index contributed by atoms with van der Waals surface area (Å²) in [5.41, 5.74) is 3.09. The van der Waals surface area contributed by atoms with Crippen LogP contribution >= 0.6 is 11.3 Å². The quantitative estimate of drug-likeness (QED) is 0.711. The van der Waals surface area contributed by atoms with Crippen molar-refractivity contribution in [3.05, 3.63) is 45.3 Å². The van der Waals surface area contributed by atoms with E-state index >= 15 is 0 Å². The minimum absolute atomic E-state index is 0.00723. The molecule has 1 aromatic heterocycles. The van der Waals surface area contributed by atoms with Gasteiger partial charge in [0.15, 0.2) is 0 Å². The van der Waals surface area contributed by atoms with Crippen LogP contribution in [0.5, 0.6) is 5.75 Å². The van der Waals surface area contributed by atoms with Crippen LogP contribution in [0.15, 0.2) is 18.2 Å². The highest BCUT2D eigenvalue weighted by Crippen LogP contribution is 2.37. The number of nitrogens with one attached hydrogen (secondary N) is 1. The van der Waals surface area contributed by atoms with Gasteiger partial charge in [-0.25, -0.2) is 4.79 Å². The summed E-state index contributed by atoms with van der Waals surface area (Å²) < 4.78 is 10.5. The van der Waals surface area contributed by atoms with E-state index in [9.17, 15) is 14.4 Å². The Morgan fingerprint density at radius 2 is 2.03 bits per heavy atom. The summed E-state index contributed by atoms with van der Waals surface area (Å²) in [5, 5.41) is 3.38. The van der Waals surface area contributed by atoms with Crippen LogP contribution in [0.3, 0.4) is 0 Å². The number of rotatable bonds is 6. The number of nitrogens with zero attached hydrogens (tertiary/aromatic N) is 1. The highest BCUT2D eigenvalue weighted by Gasteiger charge is 2.30. The Hall–Kier alpha value is -2.87. The van der Waals surface area contributed by atoms with Gasteiger partial charge in [-0.1, -0.05) is 12.1 Å². The molecule has 3 rings (SSSR count). The average Bonchev–Trinajstić information content (AvgIpc) is 3.05. The van der Waals surface area contributed by atoms with Crippen molar-refractivity contribution < 1.29 is 23.9 Å². The Morgan fingerprint density at radius 3 is 2.67 bits per heavy atom. The van der Waals surface area contributed by atoms with Crippen LogP contribution in [0.25, 0.3) is 0 Å². The molecular formula is C22H26N2O5S. The summed E-state index contributed by atoms with van der Waals surface area (Å²) in [6, 6.07) is 5.60. The maximum absolute atomic E-state index is 12.7. The van der Waals surface area contributed by atoms with E-state index in [4.69, 9.17) is 9.47 Å². The number of carbonyl (C=O) groups is 3. The van der Waals surface area contributed by atoms with E-state index < -0.39 is 5.97 Å². The molecule has 0 fully saturated rings. The number of fused-ring (bicyclic) bond motifs is 1. The predicted octanol–water partition coefficient (Wildman–Crippen LogP) is 3.33. The minimum atomic E-state index is -0.443. The van der Waals surface area contributed by atoms with Crippen molar-refractivity contribution in [2.24, 2.45) is 0 Å². The van der Waals surface area contributed by atoms with Crippen LogP contribution in [0.4, 0.5) is 5.00 Å². The number of thiophene rings is 1. The van der Waals surface area contributed by atoms with Crippen LogP contribution in [0.2, 0.25) is 0 Å². The fraction of sp³-hybridized carbons (Fsp3) is 0.409. The number of amides is 2. The van der Waals surface area contributed by atoms with Crippen LogP contribution < -0.4 is 10.1 Å². The Bertz CT molecular complexity index is 982. The summed E-state index contributed by atoms with van der Waals surface area (Å²) in [4.78, 5) is 39.7. The topological polar surface area (TPSA) is 84.9 Å². The van der Waals surface area contributed by atoms with Gasteiger partial charge in [0.1, 0.15) is 10.8 Å². The summed E-state index contributed by atoms with van der Waals surface area (Å²) in [6.45, 7) is 6.44. The molecule has 1 aliphatic rings. The number of ether oxygens (including phenoxy) is 2. The number of benzene rings is 1. The SMILES string of the molecule is CCOC(=O)c1c(NC(=O)Cc2ccc(OC)c(C)c2)sc2c1CCN(C(C)=O)C2. The molecule has 0 bridgehead atoms. The van der Waals surface area contributed by atoms with Crippen molar-refractivity contribution in [2.75, 3.05) is 25.6 Å². The van der Waals surface area contributed by atoms with Gasteiger partial charge in [-0.3, -0.25) is 9.59 Å². The highest BCUT2D eigenvalue weighted by atomic mass is 32.1. The standard InChI is InChI=1S/C22H26N2O5S/c1-5-29-22(27)20-16-8-9-24(14(3)25)12-18(16)30-21(20)23-19(26)11-15-6-7-17(28-4)13(2)10-15/h6-7,10H,5,8-9,11-12H2,1-4H3,(H,23,26). The second kappa shape index (κ2) is 9.30. The number of methoxy groups -OCH3 is 1. The second-order valence-corrected chi connectivity index (χ2v) is 8.25. The molecule has 8 heteroatoms. The van der Waals surface area contributed by atoms with Crippen molar-refractivity contribution in [3.8, 4) is 5.75 Å². The van der Waals surface area contributed by atoms with E-state index in [1.165, 1.54) is 18.3 Å². The smallest absolute Gasteiger partial charge is 0.341 e. The fourth-order valence-corrected chi connectivity index (χ4v) is 4.85. The first kappa shape index (κ1) is 21.8. The molecule has 0 saturated heterocycles. The molecule has 2 heterocycles. The molecule has 1 aliphatic heterocycles. The van der Waals surface area contributed by atoms with E-state index in [1.807, 2.05) is 25.1 Å². The van der Waals surface area contributed by atoms with E-state index in [-0.39, 0.29) is 24.8 Å². The number of hydrogen-bond donors (Lipinski definition) is 1. The number of hydrogen-bond acceptors (Lipinski definition) is 6. The molecule has 7 nitrogen and oxygen atoms in total. The van der Waals surface area contributed by atoms with Crippen molar-refractivity contribution in [3.63, 3.8) is 0 Å². The zero-order valence-electron chi connectivity index (χ0n) is 17.7. The first-order valence-electron chi connectivity index (χ1n) is 9.84. The summed E-state index contributed by atoms with van der Waals surface area (Å²) in [7, 11) is 1.61. The lowest BCUT2D eigenvalue weighted by molar-refractivity contribution is -0.129. The predicted molar refractivity (Wildman–Crippen MR) is 115 cm³/mol. The summed E-state index contributed by atoms with van der Waals surface area (Å²) in [5.74, 6) is 0.103. The van der Waals surface area contributed by atoms with Crippen LogP contribution in [0.1, 0.15) is 45.8 Å². The van der Waals surface area contributed by atoms with E-state index in [1.54, 1.807) is 18.9 Å². The zero-order chi connectivity index (χ0) is 21.8. The molecule has 2 amide bonds. The third kappa shape index (κ3) is 4.64. The molecule has 0 unspecified atom stereocenters. The number of anilines is 1. The molecule has 0 aliphatic carbocycles. The third-order valence-corrected chi connectivity index (χ3v) is 6.19. The van der Waals surface area contributed by atoms with Gasteiger partial charge in [0.05, 0.1) is 32.2 Å². The van der Waals surface area contributed by atoms with Crippen LogP contribution in [-0.4, -0.2) is 42.9 Å². The Labute approximate surface area is 180 Å². The number of esters is 1. The van der Waals surface area contributed by atoms with Gasteiger partial charge in [-0.15, -0.1) is 11.3 Å². The molecule has 0 spiro atoms. The molecule has 0 saturated carbocycles. The van der Waals surface area contributed by atoms with Crippen LogP contribution in [0, 0.1) is 6.92 Å². The monoisotopic (exact) mass is 430 g/mol. The van der Waals surface area contributed by atoms with Gasteiger partial charge in [0, 0.05) is 18.3 Å². The molecule has 160 valence electrons. The van der Waals surface area contributed by atoms with E-state index in [0.29, 0.717) is 30.1 Å². The molecular weight excluding hydrogens is 404 g/mol. The van der Waals surface area contributed by atoms with Gasteiger partial charge >= 0.3 is 5.97 Å². The Balaban J connectivity index is 1.83. The normalized spacial score (nSPS) is 12.9. The zero-order valence-corrected chi connectivity index (χ0v) is 18.5. The molecule has 1 N–H and O–H groups in total. The van der Waals surface area contributed by atoms with Crippen molar-refractivity contribution >= 4 is 34.1 Å². The van der Waals surface area contributed by atoms with Gasteiger partial charge in [0.25, 0.3) is 0 Å². The highest BCUT2D eigenvalue weighted by molar-refractivity contribution is 7.17. The van der Waals surface area contributed by atoms with Crippen molar-refractivity contribution in [1.82, 2.24) is 4.90 Å². The summed E-state index contributed by atoms with van der Waals surface area (Å²) in [6.07, 6.45) is 0.738. The van der Waals surface area contributed by atoms with Crippen molar-refractivity contribution in [2.45, 2.75) is 40.2 Å². The van der Waals surface area contributed by atoms with Crippen molar-refractivity contribution in [1.29, 1.82) is 0 Å². The lowest BCUT2D eigenvalue weighted by atomic mass is 10.0. The van der Waals surface area contributed by atoms with Gasteiger partial charge < -0.3 is 19.7 Å². The van der Waals surface area contributed by atoms with Gasteiger partial charge in [-0.05, 0) is 43.0 Å². The fourth-order valence-electron chi connectivity index (χ4n) is 3.59. The van der Waals surface area contributed by atoms with E-state index in [2.05, 4.69) is 5.32 Å². The Morgan fingerprint density at radius 1 is 1.27 bits per heavy atom.